The molecule has 0 saturated carbocycles. The molecule has 3 aromatic rings. The van der Waals surface area contributed by atoms with Gasteiger partial charge in [-0.15, -0.1) is 11.3 Å². The van der Waals surface area contributed by atoms with Gasteiger partial charge in [-0.25, -0.2) is 4.98 Å². The Hall–Kier alpha value is -3.37. The van der Waals surface area contributed by atoms with E-state index in [1.54, 1.807) is 0 Å². The van der Waals surface area contributed by atoms with Crippen LogP contribution in [-0.4, -0.2) is 17.5 Å². The smallest absolute Gasteiger partial charge is 0.231 e. The van der Waals surface area contributed by atoms with E-state index in [9.17, 15) is 5.26 Å². The normalized spacial score (nSPS) is 12.7. The fourth-order valence-corrected chi connectivity index (χ4v) is 3.51. The van der Waals surface area contributed by atoms with Crippen LogP contribution >= 0.6 is 11.3 Å². The van der Waals surface area contributed by atoms with E-state index in [1.165, 1.54) is 11.3 Å². The predicted octanol–water partition coefficient (Wildman–Crippen LogP) is 4.44. The van der Waals surface area contributed by atoms with Crippen LogP contribution in [0.5, 0.6) is 11.5 Å². The molecule has 1 N–H and O–H groups in total. The number of benzene rings is 2. The monoisotopic (exact) mass is 376 g/mol. The number of hydrogen-bond donors (Lipinski definition) is 1. The summed E-state index contributed by atoms with van der Waals surface area (Å²) in [6.45, 7) is 2.31. The summed E-state index contributed by atoms with van der Waals surface area (Å²) in [6, 6.07) is 15.7. The molecule has 2 aromatic carbocycles. The van der Waals surface area contributed by atoms with Gasteiger partial charge in [-0.2, -0.15) is 10.4 Å². The maximum atomic E-state index is 9.50. The van der Waals surface area contributed by atoms with Gasteiger partial charge in [0.1, 0.15) is 6.07 Å². The predicted molar refractivity (Wildman–Crippen MR) is 105 cm³/mol. The molecule has 0 atom stereocenters. The average Bonchev–Trinajstić information content (AvgIpc) is 3.38. The number of thiazole rings is 1. The molecule has 0 spiro atoms. The number of fused-ring (bicyclic) bond motifs is 1. The standard InChI is InChI=1S/C20H16N4O2S/c1-2-13-5-3-4-6-15(13)23-24-16(10-21)20-22-17(11-27-20)14-7-8-18-19(9-14)26-12-25-18/h3-9,11,23H,2,12H2,1H3/b24-16-. The van der Waals surface area contributed by atoms with E-state index in [-0.39, 0.29) is 12.5 Å². The second-order valence-corrected chi connectivity index (χ2v) is 6.66. The van der Waals surface area contributed by atoms with Gasteiger partial charge in [0.15, 0.2) is 22.2 Å². The lowest BCUT2D eigenvalue weighted by molar-refractivity contribution is 0.174. The molecule has 4 rings (SSSR count). The molecule has 0 amide bonds. The number of anilines is 1. The molecule has 0 aliphatic carbocycles. The lowest BCUT2D eigenvalue weighted by atomic mass is 10.1. The first-order chi connectivity index (χ1) is 13.3. The summed E-state index contributed by atoms with van der Waals surface area (Å²) in [5, 5.41) is 16.2. The van der Waals surface area contributed by atoms with Gasteiger partial charge in [0.25, 0.3) is 0 Å². The summed E-state index contributed by atoms with van der Waals surface area (Å²) in [7, 11) is 0. The van der Waals surface area contributed by atoms with Crippen molar-refractivity contribution < 1.29 is 9.47 Å². The molecule has 0 bridgehead atoms. The third-order valence-corrected chi connectivity index (χ3v) is 5.02. The van der Waals surface area contributed by atoms with Crippen molar-refractivity contribution in [1.29, 1.82) is 5.26 Å². The fraction of sp³-hybridized carbons (Fsp3) is 0.150. The van der Waals surface area contributed by atoms with Gasteiger partial charge < -0.3 is 9.47 Å². The number of ether oxygens (including phenoxy) is 2. The zero-order chi connectivity index (χ0) is 18.6. The third-order valence-electron chi connectivity index (χ3n) is 4.17. The van der Waals surface area contributed by atoms with Crippen LogP contribution in [0.25, 0.3) is 11.3 Å². The van der Waals surface area contributed by atoms with E-state index < -0.39 is 0 Å². The largest absolute Gasteiger partial charge is 0.454 e. The van der Waals surface area contributed by atoms with Crippen LogP contribution in [0, 0.1) is 11.3 Å². The highest BCUT2D eigenvalue weighted by Crippen LogP contribution is 2.36. The highest BCUT2D eigenvalue weighted by Gasteiger charge is 2.16. The molecular formula is C20H16N4O2S. The maximum absolute atomic E-state index is 9.50. The van der Waals surface area contributed by atoms with Gasteiger partial charge in [-0.05, 0) is 36.2 Å². The van der Waals surface area contributed by atoms with Gasteiger partial charge in [0.2, 0.25) is 6.79 Å². The molecule has 0 unspecified atom stereocenters. The lowest BCUT2D eigenvalue weighted by Gasteiger charge is -2.06. The Balaban J connectivity index is 1.58. The Morgan fingerprint density at radius 2 is 2.11 bits per heavy atom. The van der Waals surface area contributed by atoms with Crippen LogP contribution in [0.4, 0.5) is 5.69 Å². The minimum absolute atomic E-state index is 0.233. The Morgan fingerprint density at radius 3 is 2.96 bits per heavy atom. The molecule has 1 aromatic heterocycles. The zero-order valence-corrected chi connectivity index (χ0v) is 15.4. The molecular weight excluding hydrogens is 360 g/mol. The van der Waals surface area contributed by atoms with Crippen LogP contribution in [0.2, 0.25) is 0 Å². The van der Waals surface area contributed by atoms with Gasteiger partial charge >= 0.3 is 0 Å². The molecule has 1 aliphatic rings. The van der Waals surface area contributed by atoms with Crippen molar-refractivity contribution in [3.63, 3.8) is 0 Å². The molecule has 27 heavy (non-hydrogen) atoms. The van der Waals surface area contributed by atoms with Crippen LogP contribution in [0.15, 0.2) is 52.9 Å². The van der Waals surface area contributed by atoms with Crippen molar-refractivity contribution in [2.24, 2.45) is 5.10 Å². The van der Waals surface area contributed by atoms with E-state index >= 15 is 0 Å². The maximum Gasteiger partial charge on any atom is 0.231 e. The van der Waals surface area contributed by atoms with E-state index in [0.29, 0.717) is 10.8 Å². The summed E-state index contributed by atoms with van der Waals surface area (Å²) < 4.78 is 10.7. The van der Waals surface area contributed by atoms with Crippen LogP contribution in [-0.2, 0) is 6.42 Å². The molecule has 134 valence electrons. The van der Waals surface area contributed by atoms with Crippen LogP contribution in [0.3, 0.4) is 0 Å². The van der Waals surface area contributed by atoms with Crippen molar-refractivity contribution in [1.82, 2.24) is 4.98 Å². The van der Waals surface area contributed by atoms with Gasteiger partial charge in [0.05, 0.1) is 11.4 Å². The third kappa shape index (κ3) is 3.48. The highest BCUT2D eigenvalue weighted by molar-refractivity contribution is 7.12. The summed E-state index contributed by atoms with van der Waals surface area (Å²) in [5.74, 6) is 1.43. The Kier molecular flexibility index (Phi) is 4.73. The second kappa shape index (κ2) is 7.48. The van der Waals surface area contributed by atoms with E-state index in [4.69, 9.17) is 9.47 Å². The van der Waals surface area contributed by atoms with E-state index in [2.05, 4.69) is 28.5 Å². The number of nitriles is 1. The number of rotatable bonds is 5. The molecule has 0 saturated heterocycles. The summed E-state index contributed by atoms with van der Waals surface area (Å²) in [4.78, 5) is 4.56. The first-order valence-electron chi connectivity index (χ1n) is 8.46. The van der Waals surface area contributed by atoms with Crippen LogP contribution < -0.4 is 14.9 Å². The Morgan fingerprint density at radius 1 is 1.26 bits per heavy atom. The van der Waals surface area contributed by atoms with Crippen molar-refractivity contribution in [3.8, 4) is 28.8 Å². The molecule has 0 radical (unpaired) electrons. The van der Waals surface area contributed by atoms with Crippen molar-refractivity contribution in [2.45, 2.75) is 13.3 Å². The van der Waals surface area contributed by atoms with Crippen LogP contribution in [0.1, 0.15) is 17.5 Å². The average molecular weight is 376 g/mol. The van der Waals surface area contributed by atoms with E-state index in [0.717, 1.165) is 34.7 Å². The quantitative estimate of drug-likeness (QED) is 0.526. The van der Waals surface area contributed by atoms with Crippen molar-refractivity contribution in [2.75, 3.05) is 12.2 Å². The van der Waals surface area contributed by atoms with Crippen molar-refractivity contribution >= 4 is 22.7 Å². The SMILES string of the molecule is CCc1ccccc1N/N=C(/C#N)c1nc(-c2ccc3c(c2)OCO3)cs1. The molecule has 2 heterocycles. The molecule has 0 fully saturated rings. The molecule has 7 heteroatoms. The molecule has 6 nitrogen and oxygen atoms in total. The lowest BCUT2D eigenvalue weighted by Crippen LogP contribution is -2.02. The minimum atomic E-state index is 0.233. The minimum Gasteiger partial charge on any atom is -0.454 e. The summed E-state index contributed by atoms with van der Waals surface area (Å²) >= 11 is 1.38. The number of aromatic nitrogens is 1. The number of para-hydroxylation sites is 1. The number of hydrazone groups is 1. The zero-order valence-electron chi connectivity index (χ0n) is 14.6. The van der Waals surface area contributed by atoms with Gasteiger partial charge in [0, 0.05) is 10.9 Å². The Labute approximate surface area is 160 Å². The first kappa shape index (κ1) is 17.1. The number of hydrogen-bond acceptors (Lipinski definition) is 7. The van der Waals surface area contributed by atoms with Gasteiger partial charge in [-0.1, -0.05) is 25.1 Å². The summed E-state index contributed by atoms with van der Waals surface area (Å²) in [6.07, 6.45) is 0.881. The fourth-order valence-electron chi connectivity index (χ4n) is 2.75. The Bertz CT molecular complexity index is 1050. The number of nitrogens with zero attached hydrogens (tertiary/aromatic N) is 3. The highest BCUT2D eigenvalue weighted by atomic mass is 32.1. The van der Waals surface area contributed by atoms with Crippen molar-refractivity contribution in [3.05, 3.63) is 58.4 Å². The number of nitrogens with one attached hydrogen (secondary N) is 1. The first-order valence-corrected chi connectivity index (χ1v) is 9.34. The number of aryl methyl sites for hydroxylation is 1. The molecule has 1 aliphatic heterocycles. The summed E-state index contributed by atoms with van der Waals surface area (Å²) in [5.41, 5.74) is 6.94. The second-order valence-electron chi connectivity index (χ2n) is 5.80. The topological polar surface area (TPSA) is 79.5 Å². The van der Waals surface area contributed by atoms with Gasteiger partial charge in [-0.3, -0.25) is 5.43 Å². The van der Waals surface area contributed by atoms with E-state index in [1.807, 2.05) is 47.8 Å².